The molecule has 1 atom stereocenters. The molecule has 0 bridgehead atoms. The van der Waals surface area contributed by atoms with Crippen molar-refractivity contribution in [1.82, 2.24) is 15.3 Å². The number of aryl methyl sites for hydroxylation is 2. The normalized spacial score (nSPS) is 12.3. The van der Waals surface area contributed by atoms with Crippen LogP contribution in [-0.4, -0.2) is 16.5 Å². The zero-order valence-corrected chi connectivity index (χ0v) is 13.1. The first kappa shape index (κ1) is 15.4. The summed E-state index contributed by atoms with van der Waals surface area (Å²) in [6.07, 6.45) is 7.57. The molecule has 2 aromatic rings. The van der Waals surface area contributed by atoms with Gasteiger partial charge in [0.05, 0.1) is 6.04 Å². The monoisotopic (exact) mass is 284 g/mol. The predicted octanol–water partition coefficient (Wildman–Crippen LogP) is 3.02. The van der Waals surface area contributed by atoms with E-state index in [1.165, 1.54) is 11.1 Å². The molecular weight excluding hydrogens is 260 g/mol. The van der Waals surface area contributed by atoms with Crippen molar-refractivity contribution < 1.29 is 0 Å². The topological polar surface area (TPSA) is 63.8 Å². The maximum absolute atomic E-state index is 6.16. The van der Waals surface area contributed by atoms with E-state index in [0.29, 0.717) is 5.82 Å². The fourth-order valence-electron chi connectivity index (χ4n) is 2.64. The largest absolute Gasteiger partial charge is 0.383 e. The predicted molar refractivity (Wildman–Crippen MR) is 87.1 cm³/mol. The lowest BCUT2D eigenvalue weighted by atomic mass is 9.92. The molecule has 0 saturated heterocycles. The van der Waals surface area contributed by atoms with Gasteiger partial charge in [-0.15, -0.1) is 0 Å². The van der Waals surface area contributed by atoms with Crippen LogP contribution in [0.3, 0.4) is 0 Å². The van der Waals surface area contributed by atoms with Gasteiger partial charge < -0.3 is 11.1 Å². The van der Waals surface area contributed by atoms with Gasteiger partial charge in [-0.2, -0.15) is 0 Å². The fraction of sp³-hybridized carbons (Fsp3) is 0.412. The number of nitrogens with one attached hydrogen (secondary N) is 1. The number of pyridine rings is 2. The van der Waals surface area contributed by atoms with Crippen LogP contribution >= 0.6 is 0 Å². The summed E-state index contributed by atoms with van der Waals surface area (Å²) >= 11 is 0. The number of nitrogen functional groups attached to an aromatic ring is 1. The first-order chi connectivity index (χ1) is 10.2. The first-order valence-electron chi connectivity index (χ1n) is 7.56. The Bertz CT molecular complexity index is 575. The Balaban J connectivity index is 2.53. The third-order valence-corrected chi connectivity index (χ3v) is 3.76. The van der Waals surface area contributed by atoms with Gasteiger partial charge in [0.1, 0.15) is 5.82 Å². The van der Waals surface area contributed by atoms with Gasteiger partial charge in [-0.05, 0) is 55.1 Å². The Kier molecular flexibility index (Phi) is 5.28. The van der Waals surface area contributed by atoms with Gasteiger partial charge in [-0.3, -0.25) is 4.98 Å². The molecular formula is C17H24N4. The molecule has 3 N–H and O–H groups in total. The van der Waals surface area contributed by atoms with Gasteiger partial charge in [0.2, 0.25) is 0 Å². The Labute approximate surface area is 126 Å². The van der Waals surface area contributed by atoms with Crippen molar-refractivity contribution in [3.63, 3.8) is 0 Å². The van der Waals surface area contributed by atoms with Crippen LogP contribution in [0.25, 0.3) is 0 Å². The number of rotatable bonds is 6. The molecule has 0 spiro atoms. The van der Waals surface area contributed by atoms with Crippen LogP contribution in [0.1, 0.15) is 48.6 Å². The third-order valence-electron chi connectivity index (χ3n) is 3.76. The van der Waals surface area contributed by atoms with Crippen LogP contribution in [0.15, 0.2) is 30.7 Å². The number of anilines is 1. The van der Waals surface area contributed by atoms with E-state index < -0.39 is 0 Å². The molecule has 1 unspecified atom stereocenters. The summed E-state index contributed by atoms with van der Waals surface area (Å²) in [4.78, 5) is 8.51. The molecule has 0 aliphatic carbocycles. The minimum atomic E-state index is 0.0663. The molecule has 0 aliphatic heterocycles. The van der Waals surface area contributed by atoms with Crippen LogP contribution < -0.4 is 11.1 Å². The first-order valence-corrected chi connectivity index (χ1v) is 7.56. The minimum Gasteiger partial charge on any atom is -0.383 e. The molecule has 112 valence electrons. The molecule has 0 aromatic carbocycles. The fourth-order valence-corrected chi connectivity index (χ4v) is 2.64. The van der Waals surface area contributed by atoms with Gasteiger partial charge in [0.25, 0.3) is 0 Å². The summed E-state index contributed by atoms with van der Waals surface area (Å²) in [7, 11) is 0. The lowest BCUT2D eigenvalue weighted by molar-refractivity contribution is 0.591. The maximum atomic E-state index is 6.16. The molecule has 0 radical (unpaired) electrons. The van der Waals surface area contributed by atoms with Crippen LogP contribution in [0, 0.1) is 6.92 Å². The van der Waals surface area contributed by atoms with Crippen molar-refractivity contribution in [1.29, 1.82) is 0 Å². The molecule has 0 aliphatic rings. The lowest BCUT2D eigenvalue weighted by Crippen LogP contribution is -2.26. The number of nitrogens with zero attached hydrogens (tertiary/aromatic N) is 2. The summed E-state index contributed by atoms with van der Waals surface area (Å²) in [6.45, 7) is 7.33. The van der Waals surface area contributed by atoms with Gasteiger partial charge >= 0.3 is 0 Å². The van der Waals surface area contributed by atoms with E-state index >= 15 is 0 Å². The van der Waals surface area contributed by atoms with Crippen molar-refractivity contribution in [3.05, 3.63) is 53.0 Å². The van der Waals surface area contributed by atoms with Crippen molar-refractivity contribution in [2.45, 2.75) is 39.7 Å². The van der Waals surface area contributed by atoms with E-state index in [9.17, 15) is 0 Å². The average Bonchev–Trinajstić information content (AvgIpc) is 2.50. The average molecular weight is 284 g/mol. The number of hydrogen-bond donors (Lipinski definition) is 2. The van der Waals surface area contributed by atoms with Crippen molar-refractivity contribution >= 4 is 5.82 Å². The molecule has 4 nitrogen and oxygen atoms in total. The Morgan fingerprint density at radius 1 is 1.24 bits per heavy atom. The van der Waals surface area contributed by atoms with E-state index in [4.69, 9.17) is 5.73 Å². The quantitative estimate of drug-likeness (QED) is 0.856. The SMILES string of the molecule is CCCNC(c1ccncc1CC)c1c(C)ccnc1N. The second-order valence-electron chi connectivity index (χ2n) is 5.24. The summed E-state index contributed by atoms with van der Waals surface area (Å²) in [5.41, 5.74) is 10.9. The van der Waals surface area contributed by atoms with Crippen LogP contribution in [0.4, 0.5) is 5.82 Å². The summed E-state index contributed by atoms with van der Waals surface area (Å²) < 4.78 is 0. The zero-order valence-electron chi connectivity index (χ0n) is 13.1. The molecule has 4 heteroatoms. The van der Waals surface area contributed by atoms with E-state index in [0.717, 1.165) is 30.5 Å². The van der Waals surface area contributed by atoms with Crippen LogP contribution in [0.2, 0.25) is 0 Å². The minimum absolute atomic E-state index is 0.0663. The van der Waals surface area contributed by atoms with Crippen LogP contribution in [-0.2, 0) is 6.42 Å². The third kappa shape index (κ3) is 3.39. The van der Waals surface area contributed by atoms with Gasteiger partial charge in [0, 0.05) is 24.2 Å². The standard InChI is InChI=1S/C17H24N4/c1-4-8-20-16(14-7-9-19-11-13(14)5-2)15-12(3)6-10-21-17(15)18/h6-7,9-11,16,20H,4-5,8H2,1-3H3,(H2,18,21). The number of hydrogen-bond acceptors (Lipinski definition) is 4. The van der Waals surface area contributed by atoms with Crippen molar-refractivity contribution in [3.8, 4) is 0 Å². The molecule has 0 saturated carbocycles. The number of nitrogens with two attached hydrogens (primary N) is 1. The second kappa shape index (κ2) is 7.18. The number of aromatic nitrogens is 2. The summed E-state index contributed by atoms with van der Waals surface area (Å²) in [5.74, 6) is 0.600. The molecule has 0 fully saturated rings. The van der Waals surface area contributed by atoms with Crippen molar-refractivity contribution in [2.75, 3.05) is 12.3 Å². The molecule has 2 aromatic heterocycles. The van der Waals surface area contributed by atoms with E-state index in [1.54, 1.807) is 6.20 Å². The van der Waals surface area contributed by atoms with E-state index in [1.807, 2.05) is 18.5 Å². The Hall–Kier alpha value is -1.94. The van der Waals surface area contributed by atoms with Gasteiger partial charge in [0.15, 0.2) is 0 Å². The second-order valence-corrected chi connectivity index (χ2v) is 5.24. The molecule has 21 heavy (non-hydrogen) atoms. The highest BCUT2D eigenvalue weighted by Gasteiger charge is 2.21. The highest BCUT2D eigenvalue weighted by molar-refractivity contribution is 5.50. The highest BCUT2D eigenvalue weighted by Crippen LogP contribution is 2.30. The van der Waals surface area contributed by atoms with Crippen molar-refractivity contribution in [2.24, 2.45) is 0 Å². The maximum Gasteiger partial charge on any atom is 0.128 e. The molecule has 2 rings (SSSR count). The smallest absolute Gasteiger partial charge is 0.128 e. The summed E-state index contributed by atoms with van der Waals surface area (Å²) in [6, 6.07) is 4.16. The van der Waals surface area contributed by atoms with E-state index in [2.05, 4.69) is 42.1 Å². The van der Waals surface area contributed by atoms with Gasteiger partial charge in [-0.1, -0.05) is 13.8 Å². The highest BCUT2D eigenvalue weighted by atomic mass is 14.9. The molecule has 0 amide bonds. The summed E-state index contributed by atoms with van der Waals surface area (Å²) in [5, 5.41) is 3.61. The van der Waals surface area contributed by atoms with Gasteiger partial charge in [-0.25, -0.2) is 4.98 Å². The van der Waals surface area contributed by atoms with Crippen LogP contribution in [0.5, 0.6) is 0 Å². The Morgan fingerprint density at radius 3 is 2.71 bits per heavy atom. The van der Waals surface area contributed by atoms with E-state index in [-0.39, 0.29) is 6.04 Å². The molecule has 2 heterocycles. The zero-order chi connectivity index (χ0) is 15.2. The Morgan fingerprint density at radius 2 is 2.05 bits per heavy atom. The lowest BCUT2D eigenvalue weighted by Gasteiger charge is -2.24.